The number of nitrogens with one attached hydrogen (secondary N) is 1. The predicted octanol–water partition coefficient (Wildman–Crippen LogP) is 1.50. The maximum atomic E-state index is 12.1. The van der Waals surface area contributed by atoms with Crippen LogP contribution in [0.1, 0.15) is 28.9 Å². The van der Waals surface area contributed by atoms with Crippen LogP contribution in [0.15, 0.2) is 30.5 Å². The van der Waals surface area contributed by atoms with E-state index in [1.54, 1.807) is 14.2 Å². The third-order valence-electron chi connectivity index (χ3n) is 3.19. The highest BCUT2D eigenvalue weighted by Crippen LogP contribution is 2.18. The lowest BCUT2D eigenvalue weighted by Crippen LogP contribution is -2.27. The van der Waals surface area contributed by atoms with Crippen LogP contribution in [0.2, 0.25) is 0 Å². The van der Waals surface area contributed by atoms with Crippen LogP contribution >= 0.6 is 0 Å². The SMILES string of the molecule is COc1ccc(C(C)NC(=O)c2cnn(C)c2N)cc1. The molecular formula is C14H18N4O2. The van der Waals surface area contributed by atoms with Gasteiger partial charge in [-0.15, -0.1) is 0 Å². The van der Waals surface area contributed by atoms with Crippen molar-refractivity contribution in [1.82, 2.24) is 15.1 Å². The fourth-order valence-corrected chi connectivity index (χ4v) is 1.87. The van der Waals surface area contributed by atoms with Crippen molar-refractivity contribution < 1.29 is 9.53 Å². The van der Waals surface area contributed by atoms with Gasteiger partial charge in [-0.3, -0.25) is 9.48 Å². The highest BCUT2D eigenvalue weighted by atomic mass is 16.5. The third kappa shape index (κ3) is 2.74. The zero-order valence-electron chi connectivity index (χ0n) is 11.8. The van der Waals surface area contributed by atoms with E-state index in [0.29, 0.717) is 11.4 Å². The molecule has 1 aromatic carbocycles. The zero-order valence-corrected chi connectivity index (χ0v) is 11.8. The van der Waals surface area contributed by atoms with Crippen LogP contribution in [0.25, 0.3) is 0 Å². The van der Waals surface area contributed by atoms with Crippen molar-refractivity contribution in [3.63, 3.8) is 0 Å². The number of methoxy groups -OCH3 is 1. The number of hydrogen-bond acceptors (Lipinski definition) is 4. The van der Waals surface area contributed by atoms with Gasteiger partial charge < -0.3 is 15.8 Å². The predicted molar refractivity (Wildman–Crippen MR) is 76.5 cm³/mol. The molecule has 0 aliphatic rings. The molecule has 0 radical (unpaired) electrons. The molecule has 2 rings (SSSR count). The molecule has 0 bridgehead atoms. The fourth-order valence-electron chi connectivity index (χ4n) is 1.87. The van der Waals surface area contributed by atoms with E-state index in [1.807, 2.05) is 31.2 Å². The van der Waals surface area contributed by atoms with Gasteiger partial charge in [0.1, 0.15) is 17.1 Å². The molecule has 1 amide bonds. The number of aromatic nitrogens is 2. The Morgan fingerprint density at radius 2 is 2.05 bits per heavy atom. The molecule has 0 spiro atoms. The quantitative estimate of drug-likeness (QED) is 0.885. The molecule has 1 atom stereocenters. The molecule has 6 nitrogen and oxygen atoms in total. The molecule has 0 aliphatic carbocycles. The zero-order chi connectivity index (χ0) is 14.7. The van der Waals surface area contributed by atoms with Gasteiger partial charge in [-0.2, -0.15) is 5.10 Å². The van der Waals surface area contributed by atoms with Gasteiger partial charge in [-0.05, 0) is 24.6 Å². The van der Waals surface area contributed by atoms with Gasteiger partial charge in [-0.25, -0.2) is 0 Å². The summed E-state index contributed by atoms with van der Waals surface area (Å²) in [7, 11) is 3.31. The number of amides is 1. The van der Waals surface area contributed by atoms with Crippen LogP contribution in [0.5, 0.6) is 5.75 Å². The molecule has 1 heterocycles. The van der Waals surface area contributed by atoms with Crippen LogP contribution in [0.3, 0.4) is 0 Å². The maximum Gasteiger partial charge on any atom is 0.257 e. The van der Waals surface area contributed by atoms with E-state index in [9.17, 15) is 4.79 Å². The monoisotopic (exact) mass is 274 g/mol. The Labute approximate surface area is 117 Å². The van der Waals surface area contributed by atoms with Crippen LogP contribution in [0.4, 0.5) is 5.82 Å². The number of benzene rings is 1. The summed E-state index contributed by atoms with van der Waals surface area (Å²) < 4.78 is 6.57. The molecular weight excluding hydrogens is 256 g/mol. The van der Waals surface area contributed by atoms with Gasteiger partial charge in [-0.1, -0.05) is 12.1 Å². The second-order valence-corrected chi connectivity index (χ2v) is 4.54. The van der Waals surface area contributed by atoms with Crippen molar-refractivity contribution in [2.75, 3.05) is 12.8 Å². The van der Waals surface area contributed by atoms with E-state index in [1.165, 1.54) is 10.9 Å². The minimum atomic E-state index is -0.237. The minimum Gasteiger partial charge on any atom is -0.497 e. The Morgan fingerprint density at radius 3 is 2.55 bits per heavy atom. The average Bonchev–Trinajstić information content (AvgIpc) is 2.79. The Hall–Kier alpha value is -2.50. The summed E-state index contributed by atoms with van der Waals surface area (Å²) in [6, 6.07) is 7.41. The molecule has 1 aromatic heterocycles. The van der Waals surface area contributed by atoms with E-state index >= 15 is 0 Å². The van der Waals surface area contributed by atoms with Crippen LogP contribution in [-0.4, -0.2) is 22.8 Å². The number of nitrogens with two attached hydrogens (primary N) is 1. The normalized spacial score (nSPS) is 11.9. The third-order valence-corrected chi connectivity index (χ3v) is 3.19. The highest BCUT2D eigenvalue weighted by Gasteiger charge is 2.16. The first-order valence-corrected chi connectivity index (χ1v) is 6.25. The van der Waals surface area contributed by atoms with Crippen molar-refractivity contribution in [2.24, 2.45) is 7.05 Å². The molecule has 3 N–H and O–H groups in total. The lowest BCUT2D eigenvalue weighted by molar-refractivity contribution is 0.0941. The number of hydrogen-bond donors (Lipinski definition) is 2. The van der Waals surface area contributed by atoms with Crippen molar-refractivity contribution in [1.29, 1.82) is 0 Å². The minimum absolute atomic E-state index is 0.131. The van der Waals surface area contributed by atoms with E-state index in [0.717, 1.165) is 11.3 Å². The highest BCUT2D eigenvalue weighted by molar-refractivity contribution is 5.98. The average molecular weight is 274 g/mol. The van der Waals surface area contributed by atoms with Gasteiger partial charge in [0.15, 0.2) is 0 Å². The van der Waals surface area contributed by atoms with Gasteiger partial charge in [0.05, 0.1) is 19.3 Å². The fraction of sp³-hybridized carbons (Fsp3) is 0.286. The summed E-state index contributed by atoms with van der Waals surface area (Å²) in [4.78, 5) is 12.1. The number of rotatable bonds is 4. The summed E-state index contributed by atoms with van der Waals surface area (Å²) in [5.41, 5.74) is 7.15. The number of anilines is 1. The number of ether oxygens (including phenoxy) is 1. The van der Waals surface area contributed by atoms with Crippen LogP contribution in [-0.2, 0) is 7.05 Å². The number of nitrogen functional groups attached to an aromatic ring is 1. The molecule has 20 heavy (non-hydrogen) atoms. The Morgan fingerprint density at radius 1 is 1.40 bits per heavy atom. The van der Waals surface area contributed by atoms with E-state index in [-0.39, 0.29) is 11.9 Å². The number of aryl methyl sites for hydroxylation is 1. The number of carbonyl (C=O) groups excluding carboxylic acids is 1. The molecule has 6 heteroatoms. The van der Waals surface area contributed by atoms with E-state index in [2.05, 4.69) is 10.4 Å². The van der Waals surface area contributed by atoms with Gasteiger partial charge >= 0.3 is 0 Å². The van der Waals surface area contributed by atoms with Crippen molar-refractivity contribution in [3.05, 3.63) is 41.6 Å². The standard InChI is InChI=1S/C14H18N4O2/c1-9(10-4-6-11(20-3)7-5-10)17-14(19)12-8-16-18(2)13(12)15/h4-9H,15H2,1-3H3,(H,17,19). The lowest BCUT2D eigenvalue weighted by atomic mass is 10.1. The van der Waals surface area contributed by atoms with Gasteiger partial charge in [0.2, 0.25) is 0 Å². The molecule has 0 aliphatic heterocycles. The summed E-state index contributed by atoms with van der Waals surface area (Å²) in [5, 5.41) is 6.85. The Balaban J connectivity index is 2.08. The lowest BCUT2D eigenvalue weighted by Gasteiger charge is -2.14. The summed E-state index contributed by atoms with van der Waals surface area (Å²) in [6.07, 6.45) is 1.46. The van der Waals surface area contributed by atoms with Crippen molar-refractivity contribution >= 4 is 11.7 Å². The summed E-state index contributed by atoms with van der Waals surface area (Å²) in [6.45, 7) is 1.91. The Kier molecular flexibility index (Phi) is 3.93. The number of carbonyl (C=O) groups is 1. The van der Waals surface area contributed by atoms with Crippen molar-refractivity contribution in [3.8, 4) is 5.75 Å². The van der Waals surface area contributed by atoms with Gasteiger partial charge in [0, 0.05) is 7.05 Å². The van der Waals surface area contributed by atoms with Crippen molar-refractivity contribution in [2.45, 2.75) is 13.0 Å². The molecule has 0 fully saturated rings. The summed E-state index contributed by atoms with van der Waals surface area (Å²) in [5.74, 6) is 0.895. The second kappa shape index (κ2) is 5.64. The van der Waals surface area contributed by atoms with Gasteiger partial charge in [0.25, 0.3) is 5.91 Å². The first kappa shape index (κ1) is 13.9. The second-order valence-electron chi connectivity index (χ2n) is 4.54. The molecule has 2 aromatic rings. The first-order chi connectivity index (χ1) is 9.52. The van der Waals surface area contributed by atoms with E-state index < -0.39 is 0 Å². The van der Waals surface area contributed by atoms with Crippen LogP contribution in [0, 0.1) is 0 Å². The molecule has 0 saturated heterocycles. The Bertz CT molecular complexity index is 604. The summed E-state index contributed by atoms with van der Waals surface area (Å²) >= 11 is 0. The number of nitrogens with zero attached hydrogens (tertiary/aromatic N) is 2. The van der Waals surface area contributed by atoms with Crippen LogP contribution < -0.4 is 15.8 Å². The van der Waals surface area contributed by atoms with E-state index in [4.69, 9.17) is 10.5 Å². The smallest absolute Gasteiger partial charge is 0.257 e. The first-order valence-electron chi connectivity index (χ1n) is 6.25. The maximum absolute atomic E-state index is 12.1. The molecule has 1 unspecified atom stereocenters. The molecule has 0 saturated carbocycles. The molecule has 106 valence electrons. The largest absolute Gasteiger partial charge is 0.497 e. The topological polar surface area (TPSA) is 82.2 Å².